The highest BCUT2D eigenvalue weighted by molar-refractivity contribution is 5.86. The molecule has 0 aromatic heterocycles. The number of nitrogens with zero attached hydrogens (tertiary/aromatic N) is 1. The van der Waals surface area contributed by atoms with Crippen LogP contribution in [0.5, 0.6) is 0 Å². The van der Waals surface area contributed by atoms with Crippen LogP contribution in [0.25, 0.3) is 0 Å². The van der Waals surface area contributed by atoms with Gasteiger partial charge in [0.15, 0.2) is 0 Å². The lowest BCUT2D eigenvalue weighted by molar-refractivity contribution is -0.123. The molecule has 6 nitrogen and oxygen atoms in total. The van der Waals surface area contributed by atoms with E-state index in [1.54, 1.807) is 20.8 Å². The van der Waals surface area contributed by atoms with E-state index in [1.165, 1.54) is 5.56 Å². The summed E-state index contributed by atoms with van der Waals surface area (Å²) in [4.78, 5) is 27.7. The molecule has 2 N–H and O–H groups in total. The third kappa shape index (κ3) is 7.72. The molecule has 0 saturated carbocycles. The van der Waals surface area contributed by atoms with Crippen LogP contribution in [0, 0.1) is 0 Å². The van der Waals surface area contributed by atoms with Crippen molar-refractivity contribution in [2.24, 2.45) is 0 Å². The molecule has 0 aliphatic carbocycles. The number of hydrogen-bond acceptors (Lipinski definition) is 4. The molecule has 0 bridgehead atoms. The molecule has 2 aromatic rings. The van der Waals surface area contributed by atoms with Gasteiger partial charge in [-0.1, -0.05) is 60.7 Å². The zero-order valence-electron chi connectivity index (χ0n) is 18.6. The Balaban J connectivity index is 1.59. The Hall–Kier alpha value is -2.86. The number of carbonyl (C=O) groups is 2. The normalized spacial score (nSPS) is 17.7. The minimum absolute atomic E-state index is 0.0647. The Bertz CT molecular complexity index is 849. The van der Waals surface area contributed by atoms with Gasteiger partial charge in [-0.05, 0) is 38.3 Å². The Morgan fingerprint density at radius 2 is 1.65 bits per heavy atom. The summed E-state index contributed by atoms with van der Waals surface area (Å²) in [5.74, 6) is -0.179. The third-order valence-electron chi connectivity index (χ3n) is 5.16. The molecule has 0 radical (unpaired) electrons. The summed E-state index contributed by atoms with van der Waals surface area (Å²) in [5, 5.41) is 5.89. The second kappa shape index (κ2) is 10.4. The summed E-state index contributed by atoms with van der Waals surface area (Å²) in [5.41, 5.74) is 1.63. The van der Waals surface area contributed by atoms with Crippen molar-refractivity contribution in [3.63, 3.8) is 0 Å². The molecule has 31 heavy (non-hydrogen) atoms. The fourth-order valence-corrected chi connectivity index (χ4v) is 3.75. The highest BCUT2D eigenvalue weighted by Crippen LogP contribution is 2.14. The number of hydrogen-bond donors (Lipinski definition) is 2. The van der Waals surface area contributed by atoms with Gasteiger partial charge in [0, 0.05) is 32.1 Å². The molecule has 0 spiro atoms. The lowest BCUT2D eigenvalue weighted by Gasteiger charge is -2.24. The van der Waals surface area contributed by atoms with Crippen molar-refractivity contribution in [1.82, 2.24) is 15.5 Å². The summed E-state index contributed by atoms with van der Waals surface area (Å²) in [7, 11) is 0. The lowest BCUT2D eigenvalue weighted by Crippen LogP contribution is -2.52. The Kier molecular flexibility index (Phi) is 7.69. The van der Waals surface area contributed by atoms with E-state index < -0.39 is 17.7 Å². The van der Waals surface area contributed by atoms with Crippen LogP contribution in [0.15, 0.2) is 60.7 Å². The van der Waals surface area contributed by atoms with Gasteiger partial charge >= 0.3 is 6.09 Å². The molecule has 1 heterocycles. The number of ether oxygens (including phenoxy) is 1. The zero-order chi connectivity index (χ0) is 22.3. The first-order valence-electron chi connectivity index (χ1n) is 10.9. The minimum Gasteiger partial charge on any atom is -0.444 e. The molecule has 2 amide bonds. The van der Waals surface area contributed by atoms with Gasteiger partial charge in [-0.25, -0.2) is 4.79 Å². The molecule has 6 heteroatoms. The number of alkyl carbamates (subject to hydrolysis) is 1. The van der Waals surface area contributed by atoms with Crippen molar-refractivity contribution in [2.45, 2.75) is 57.8 Å². The standard InChI is InChI=1S/C25H33N3O3/c1-25(2,3)31-24(30)27-22(16-19-10-6-4-7-11-19)23(29)26-21-14-15-28(18-21)17-20-12-8-5-9-13-20/h4-13,21-22H,14-18H2,1-3H3,(H,26,29)(H,27,30). The number of nitrogens with one attached hydrogen (secondary N) is 2. The number of amides is 2. The molecule has 3 rings (SSSR count). The molecule has 2 aromatic carbocycles. The number of likely N-dealkylation sites (tertiary alicyclic amines) is 1. The van der Waals surface area contributed by atoms with E-state index in [2.05, 4.69) is 27.7 Å². The fraction of sp³-hybridized carbons (Fsp3) is 0.440. The van der Waals surface area contributed by atoms with Crippen LogP contribution >= 0.6 is 0 Å². The summed E-state index contributed by atoms with van der Waals surface area (Å²) in [6.45, 7) is 8.01. The molecule has 2 atom stereocenters. The first-order chi connectivity index (χ1) is 14.8. The SMILES string of the molecule is CC(C)(C)OC(=O)NC(Cc1ccccc1)C(=O)NC1CCN(Cc2ccccc2)C1. The fourth-order valence-electron chi connectivity index (χ4n) is 3.75. The Labute approximate surface area is 185 Å². The molecule has 1 fully saturated rings. The monoisotopic (exact) mass is 423 g/mol. The van der Waals surface area contributed by atoms with Crippen LogP contribution in [0.2, 0.25) is 0 Å². The smallest absolute Gasteiger partial charge is 0.408 e. The Morgan fingerprint density at radius 3 is 2.26 bits per heavy atom. The van der Waals surface area contributed by atoms with Crippen molar-refractivity contribution in [1.29, 1.82) is 0 Å². The highest BCUT2D eigenvalue weighted by Gasteiger charge is 2.29. The van der Waals surface area contributed by atoms with Crippen molar-refractivity contribution >= 4 is 12.0 Å². The second-order valence-electron chi connectivity index (χ2n) is 9.10. The van der Waals surface area contributed by atoms with Crippen LogP contribution in [0.1, 0.15) is 38.3 Å². The predicted octanol–water partition coefficient (Wildman–Crippen LogP) is 3.51. The van der Waals surface area contributed by atoms with Gasteiger partial charge in [0.25, 0.3) is 0 Å². The highest BCUT2D eigenvalue weighted by atomic mass is 16.6. The van der Waals surface area contributed by atoms with Crippen molar-refractivity contribution in [3.8, 4) is 0 Å². The Morgan fingerprint density at radius 1 is 1.03 bits per heavy atom. The average molecular weight is 424 g/mol. The van der Waals surface area contributed by atoms with Crippen LogP contribution in [0.3, 0.4) is 0 Å². The van der Waals surface area contributed by atoms with E-state index in [-0.39, 0.29) is 11.9 Å². The van der Waals surface area contributed by atoms with Crippen LogP contribution < -0.4 is 10.6 Å². The maximum Gasteiger partial charge on any atom is 0.408 e. The first kappa shape index (κ1) is 22.8. The van der Waals surface area contributed by atoms with E-state index in [1.807, 2.05) is 48.5 Å². The van der Waals surface area contributed by atoms with E-state index in [4.69, 9.17) is 4.74 Å². The lowest BCUT2D eigenvalue weighted by atomic mass is 10.0. The van der Waals surface area contributed by atoms with Gasteiger partial charge in [0.1, 0.15) is 11.6 Å². The quantitative estimate of drug-likeness (QED) is 0.715. The van der Waals surface area contributed by atoms with Crippen molar-refractivity contribution in [2.75, 3.05) is 13.1 Å². The molecule has 2 unspecified atom stereocenters. The molecule has 1 aliphatic heterocycles. The second-order valence-corrected chi connectivity index (χ2v) is 9.10. The zero-order valence-corrected chi connectivity index (χ0v) is 18.6. The van der Waals surface area contributed by atoms with E-state index in [0.29, 0.717) is 6.42 Å². The van der Waals surface area contributed by atoms with Crippen LogP contribution in [0.4, 0.5) is 4.79 Å². The van der Waals surface area contributed by atoms with Crippen molar-refractivity contribution in [3.05, 3.63) is 71.8 Å². The molecule has 1 saturated heterocycles. The van der Waals surface area contributed by atoms with Gasteiger partial charge in [-0.3, -0.25) is 9.69 Å². The third-order valence-corrected chi connectivity index (χ3v) is 5.16. The van der Waals surface area contributed by atoms with Gasteiger partial charge in [0.2, 0.25) is 5.91 Å². The van der Waals surface area contributed by atoms with Crippen LogP contribution in [-0.4, -0.2) is 47.7 Å². The van der Waals surface area contributed by atoms with Gasteiger partial charge in [-0.15, -0.1) is 0 Å². The maximum atomic E-state index is 13.1. The molecular weight excluding hydrogens is 390 g/mol. The number of carbonyl (C=O) groups excluding carboxylic acids is 2. The van der Waals surface area contributed by atoms with Crippen LogP contribution in [-0.2, 0) is 22.5 Å². The van der Waals surface area contributed by atoms with Gasteiger partial charge < -0.3 is 15.4 Å². The van der Waals surface area contributed by atoms with E-state index >= 15 is 0 Å². The number of rotatable bonds is 7. The predicted molar refractivity (Wildman–Crippen MR) is 122 cm³/mol. The molecule has 166 valence electrons. The van der Waals surface area contributed by atoms with E-state index in [0.717, 1.165) is 31.6 Å². The maximum absolute atomic E-state index is 13.1. The summed E-state index contributed by atoms with van der Waals surface area (Å²) < 4.78 is 5.37. The molecule has 1 aliphatic rings. The topological polar surface area (TPSA) is 70.7 Å². The summed E-state index contributed by atoms with van der Waals surface area (Å²) in [6, 6.07) is 19.4. The summed E-state index contributed by atoms with van der Waals surface area (Å²) >= 11 is 0. The van der Waals surface area contributed by atoms with E-state index in [9.17, 15) is 9.59 Å². The van der Waals surface area contributed by atoms with Crippen molar-refractivity contribution < 1.29 is 14.3 Å². The minimum atomic E-state index is -0.694. The van der Waals surface area contributed by atoms with Gasteiger partial charge in [0.05, 0.1) is 0 Å². The van der Waals surface area contributed by atoms with Gasteiger partial charge in [-0.2, -0.15) is 0 Å². The summed E-state index contributed by atoms with van der Waals surface area (Å²) in [6.07, 6.45) is 0.718. The molecular formula is C25H33N3O3. The largest absolute Gasteiger partial charge is 0.444 e. The average Bonchev–Trinajstić information content (AvgIpc) is 3.14. The number of benzene rings is 2. The first-order valence-corrected chi connectivity index (χ1v) is 10.9.